The summed E-state index contributed by atoms with van der Waals surface area (Å²) in [5, 5.41) is 14.7. The Bertz CT molecular complexity index is 1680. The van der Waals surface area contributed by atoms with E-state index in [1.165, 1.54) is 51.6 Å². The van der Waals surface area contributed by atoms with Gasteiger partial charge in [0.2, 0.25) is 5.91 Å². The summed E-state index contributed by atoms with van der Waals surface area (Å²) in [5.74, 6) is -2.47. The van der Waals surface area contributed by atoms with Gasteiger partial charge in [0.05, 0.1) is 17.6 Å². The van der Waals surface area contributed by atoms with Gasteiger partial charge < -0.3 is 29.9 Å². The first-order chi connectivity index (χ1) is 21.1. The molecule has 2 aromatic heterocycles. The van der Waals surface area contributed by atoms with Gasteiger partial charge in [-0.3, -0.25) is 14.4 Å². The molecule has 3 N–H and O–H groups in total. The van der Waals surface area contributed by atoms with Gasteiger partial charge in [0.1, 0.15) is 17.3 Å². The molecule has 0 bridgehead atoms. The SMILES string of the molecule is CNC(=O)/C=C/CC[C@H](OC(=O)N(C)C)C(=O)Nc1cccn(Cc2nc3cc(F)cc(CCC(F)(F)F)c3n2C(=O)O)c1=O. The zero-order chi connectivity index (χ0) is 33.5. The van der Waals surface area contributed by atoms with Crippen molar-refractivity contribution in [1.29, 1.82) is 0 Å². The molecule has 45 heavy (non-hydrogen) atoms. The highest BCUT2D eigenvalue weighted by molar-refractivity contribution is 5.95. The Morgan fingerprint density at radius 3 is 2.53 bits per heavy atom. The van der Waals surface area contributed by atoms with Crippen molar-refractivity contribution < 1.29 is 46.6 Å². The van der Waals surface area contributed by atoms with Crippen LogP contribution in [-0.2, 0) is 27.3 Å². The fourth-order valence-electron chi connectivity index (χ4n) is 4.19. The standard InChI is InChI=1S/C28H30F4N6O7/c1-33-22(39)9-5-4-8-20(45-27(44)36(2)3)24(40)35-18-7-6-12-37(25(18)41)15-21-34-19-14-17(29)13-16(10-11-28(30,31)32)23(19)38(21)26(42)43/h5-7,9,12-14,20H,4,8,10-11,15H2,1-3H3,(H,33,39)(H,35,40)(H,42,43)/b9-5+/t20-/m0/s1. The third-order valence-electron chi connectivity index (χ3n) is 6.34. The molecular weight excluding hydrogens is 608 g/mol. The average Bonchev–Trinajstić information content (AvgIpc) is 3.32. The first kappa shape index (κ1) is 34.3. The summed E-state index contributed by atoms with van der Waals surface area (Å²) < 4.78 is 59.7. The molecule has 0 unspecified atom stereocenters. The fourth-order valence-corrected chi connectivity index (χ4v) is 4.19. The molecule has 13 nitrogen and oxygen atoms in total. The lowest BCUT2D eigenvalue weighted by atomic mass is 10.1. The van der Waals surface area contributed by atoms with E-state index in [-0.39, 0.29) is 46.9 Å². The smallest absolute Gasteiger partial charge is 0.417 e. The molecule has 0 saturated heterocycles. The number of anilines is 1. The summed E-state index contributed by atoms with van der Waals surface area (Å²) in [6, 6.07) is 4.27. The van der Waals surface area contributed by atoms with E-state index in [2.05, 4.69) is 15.6 Å². The van der Waals surface area contributed by atoms with Crippen LogP contribution in [0.4, 0.5) is 32.8 Å². The van der Waals surface area contributed by atoms with E-state index < -0.39 is 61.1 Å². The number of hydrogen-bond acceptors (Lipinski definition) is 7. The number of nitrogens with one attached hydrogen (secondary N) is 2. The zero-order valence-corrected chi connectivity index (χ0v) is 24.4. The van der Waals surface area contributed by atoms with Crippen molar-refractivity contribution >= 4 is 40.7 Å². The number of halogens is 4. The minimum absolute atomic E-state index is 0.0458. The predicted octanol–water partition coefficient (Wildman–Crippen LogP) is 3.49. The molecule has 2 heterocycles. The number of allylic oxidation sites excluding steroid dienone is 1. The number of carboxylic acid groups (broad SMARTS) is 1. The molecule has 0 spiro atoms. The van der Waals surface area contributed by atoms with E-state index >= 15 is 0 Å². The molecule has 0 aliphatic heterocycles. The summed E-state index contributed by atoms with van der Waals surface area (Å²) in [5.41, 5.74) is -1.81. The third-order valence-corrected chi connectivity index (χ3v) is 6.34. The van der Waals surface area contributed by atoms with Gasteiger partial charge in [0, 0.05) is 39.8 Å². The molecule has 17 heteroatoms. The molecule has 3 rings (SSSR count). The Balaban J connectivity index is 1.92. The minimum Gasteiger partial charge on any atom is -0.464 e. The summed E-state index contributed by atoms with van der Waals surface area (Å²) >= 11 is 0. The number of nitrogens with zero attached hydrogens (tertiary/aromatic N) is 4. The second-order valence-corrected chi connectivity index (χ2v) is 9.90. The number of likely N-dealkylation sites (N-methyl/N-ethyl adjacent to an activating group) is 1. The third kappa shape index (κ3) is 9.14. The highest BCUT2D eigenvalue weighted by Crippen LogP contribution is 2.28. The van der Waals surface area contributed by atoms with Crippen LogP contribution in [0.5, 0.6) is 0 Å². The van der Waals surface area contributed by atoms with Crippen molar-refractivity contribution in [1.82, 2.24) is 24.3 Å². The number of carbonyl (C=O) groups is 4. The van der Waals surface area contributed by atoms with Crippen LogP contribution in [0.1, 0.15) is 30.7 Å². The minimum atomic E-state index is -4.58. The highest BCUT2D eigenvalue weighted by Gasteiger charge is 2.29. The van der Waals surface area contributed by atoms with Gasteiger partial charge in [0.15, 0.2) is 6.10 Å². The van der Waals surface area contributed by atoms with Gasteiger partial charge in [-0.25, -0.2) is 23.5 Å². The van der Waals surface area contributed by atoms with Crippen LogP contribution in [-0.4, -0.2) is 81.5 Å². The molecule has 0 radical (unpaired) electrons. The van der Waals surface area contributed by atoms with Crippen LogP contribution in [0.15, 0.2) is 47.4 Å². The van der Waals surface area contributed by atoms with Gasteiger partial charge in [-0.05, 0) is 49.1 Å². The van der Waals surface area contributed by atoms with Crippen molar-refractivity contribution in [3.8, 4) is 0 Å². The summed E-state index contributed by atoms with van der Waals surface area (Å²) in [6.07, 6.45) is -6.40. The van der Waals surface area contributed by atoms with Gasteiger partial charge >= 0.3 is 18.4 Å². The first-order valence-corrected chi connectivity index (χ1v) is 13.4. The Morgan fingerprint density at radius 2 is 1.91 bits per heavy atom. The lowest BCUT2D eigenvalue weighted by molar-refractivity contribution is -0.134. The Kier molecular flexibility index (Phi) is 11.0. The first-order valence-electron chi connectivity index (χ1n) is 13.4. The van der Waals surface area contributed by atoms with Crippen molar-refractivity contribution in [2.24, 2.45) is 0 Å². The maximum absolute atomic E-state index is 14.2. The maximum Gasteiger partial charge on any atom is 0.417 e. The number of ether oxygens (including phenoxy) is 1. The van der Waals surface area contributed by atoms with Gasteiger partial charge in [-0.2, -0.15) is 13.2 Å². The van der Waals surface area contributed by atoms with E-state index in [1.807, 2.05) is 0 Å². The van der Waals surface area contributed by atoms with E-state index in [1.54, 1.807) is 0 Å². The van der Waals surface area contributed by atoms with Gasteiger partial charge in [0.25, 0.3) is 11.5 Å². The molecular formula is C28H30F4N6O7. The van der Waals surface area contributed by atoms with Crippen LogP contribution >= 0.6 is 0 Å². The normalized spacial score (nSPS) is 12.2. The number of aryl methyl sites for hydroxylation is 1. The largest absolute Gasteiger partial charge is 0.464 e. The number of hydrogen-bond donors (Lipinski definition) is 3. The molecule has 0 fully saturated rings. The van der Waals surface area contributed by atoms with Crippen LogP contribution < -0.4 is 16.2 Å². The number of amides is 3. The van der Waals surface area contributed by atoms with E-state index in [9.17, 15) is 46.6 Å². The van der Waals surface area contributed by atoms with Crippen molar-refractivity contribution in [2.75, 3.05) is 26.5 Å². The average molecular weight is 639 g/mol. The number of aromatic nitrogens is 3. The quantitative estimate of drug-likeness (QED) is 0.212. The summed E-state index contributed by atoms with van der Waals surface area (Å²) in [7, 11) is 4.23. The van der Waals surface area contributed by atoms with E-state index in [0.29, 0.717) is 4.57 Å². The molecule has 1 atom stereocenters. The Hall–Kier alpha value is -5.22. The Labute approximate surface area is 253 Å². The van der Waals surface area contributed by atoms with Crippen molar-refractivity contribution in [2.45, 2.75) is 44.5 Å². The zero-order valence-electron chi connectivity index (χ0n) is 24.4. The van der Waals surface area contributed by atoms with E-state index in [4.69, 9.17) is 4.74 Å². The van der Waals surface area contributed by atoms with Crippen LogP contribution in [0, 0.1) is 5.82 Å². The molecule has 242 valence electrons. The number of fused-ring (bicyclic) bond motifs is 1. The number of alkyl halides is 3. The van der Waals surface area contributed by atoms with Crippen molar-refractivity contribution in [3.05, 3.63) is 70.2 Å². The number of rotatable bonds is 11. The molecule has 0 aliphatic carbocycles. The lowest BCUT2D eigenvalue weighted by Crippen LogP contribution is -2.37. The second kappa shape index (κ2) is 14.5. The number of pyridine rings is 1. The second-order valence-electron chi connectivity index (χ2n) is 9.90. The highest BCUT2D eigenvalue weighted by atomic mass is 19.4. The van der Waals surface area contributed by atoms with Crippen LogP contribution in [0.3, 0.4) is 0 Å². The lowest BCUT2D eigenvalue weighted by Gasteiger charge is -2.19. The monoisotopic (exact) mass is 638 g/mol. The topological polar surface area (TPSA) is 165 Å². The summed E-state index contributed by atoms with van der Waals surface area (Å²) in [4.78, 5) is 67.3. The van der Waals surface area contributed by atoms with Gasteiger partial charge in [-0.1, -0.05) is 6.08 Å². The molecule has 3 aromatic rings. The van der Waals surface area contributed by atoms with Crippen molar-refractivity contribution in [3.63, 3.8) is 0 Å². The predicted molar refractivity (Wildman–Crippen MR) is 152 cm³/mol. The molecule has 0 aliphatic rings. The summed E-state index contributed by atoms with van der Waals surface area (Å²) in [6.45, 7) is -0.521. The maximum atomic E-state index is 14.2. The number of carbonyl (C=O) groups excluding carboxylic acids is 3. The number of imidazole rings is 1. The molecule has 1 aromatic carbocycles. The number of benzene rings is 1. The van der Waals surface area contributed by atoms with Crippen LogP contribution in [0.25, 0.3) is 11.0 Å². The molecule has 0 saturated carbocycles. The fraction of sp³-hybridized carbons (Fsp3) is 0.357. The van der Waals surface area contributed by atoms with Gasteiger partial charge in [-0.15, -0.1) is 0 Å². The van der Waals surface area contributed by atoms with Crippen LogP contribution in [0.2, 0.25) is 0 Å². The molecule has 3 amide bonds. The van der Waals surface area contributed by atoms with E-state index in [0.717, 1.165) is 21.6 Å². The Morgan fingerprint density at radius 1 is 1.20 bits per heavy atom.